The molecule has 1 atom stereocenters. The number of aromatic nitrogens is 4. The van der Waals surface area contributed by atoms with Crippen LogP contribution in [0.25, 0.3) is 0 Å². The monoisotopic (exact) mass is 596 g/mol. The molecule has 2 N–H and O–H groups in total. The van der Waals surface area contributed by atoms with Crippen molar-refractivity contribution in [2.24, 2.45) is 13.0 Å². The van der Waals surface area contributed by atoms with E-state index in [0.717, 1.165) is 30.6 Å². The van der Waals surface area contributed by atoms with Crippen LogP contribution in [0.2, 0.25) is 0 Å². The van der Waals surface area contributed by atoms with E-state index in [0.29, 0.717) is 17.3 Å². The normalized spacial score (nSPS) is 11.7. The van der Waals surface area contributed by atoms with Crippen LogP contribution in [0.15, 0.2) is 47.4 Å². The Balaban J connectivity index is 1.71. The summed E-state index contributed by atoms with van der Waals surface area (Å²) in [6.45, 7) is 4.08. The lowest BCUT2D eigenvalue weighted by Gasteiger charge is -2.18. The molecule has 3 rings (SSSR count). The van der Waals surface area contributed by atoms with Crippen molar-refractivity contribution in [3.63, 3.8) is 0 Å². The second-order valence-electron chi connectivity index (χ2n) is 10.1. The van der Waals surface area contributed by atoms with E-state index < -0.39 is 35.0 Å². The third kappa shape index (κ3) is 9.13. The Labute approximate surface area is 247 Å². The van der Waals surface area contributed by atoms with E-state index in [4.69, 9.17) is 0 Å². The summed E-state index contributed by atoms with van der Waals surface area (Å²) in [5.41, 5.74) is 1.38. The highest BCUT2D eigenvalue weighted by atomic mass is 32.1. The zero-order valence-corrected chi connectivity index (χ0v) is 24.8. The smallest absolute Gasteiger partial charge is 0.292 e. The fourth-order valence-electron chi connectivity index (χ4n) is 4.46. The van der Waals surface area contributed by atoms with Gasteiger partial charge in [0.15, 0.2) is 11.6 Å². The number of pyridine rings is 1. The molecule has 3 aromatic heterocycles. The fraction of sp³-hybridized carbons (Fsp3) is 0.448. The van der Waals surface area contributed by atoms with Gasteiger partial charge >= 0.3 is 0 Å². The van der Waals surface area contributed by atoms with Gasteiger partial charge in [-0.15, -0.1) is 11.3 Å². The van der Waals surface area contributed by atoms with Crippen LogP contribution in [0, 0.1) is 5.92 Å². The van der Waals surface area contributed by atoms with Gasteiger partial charge in [-0.25, -0.2) is 4.98 Å². The fourth-order valence-corrected chi connectivity index (χ4v) is 4.97. The number of nitrogens with one attached hydrogen (secondary N) is 2. The van der Waals surface area contributed by atoms with E-state index in [-0.39, 0.29) is 42.8 Å². The van der Waals surface area contributed by atoms with Crippen molar-refractivity contribution in [2.45, 2.75) is 71.4 Å². The predicted molar refractivity (Wildman–Crippen MR) is 157 cm³/mol. The van der Waals surface area contributed by atoms with Gasteiger partial charge in [0, 0.05) is 38.1 Å². The first kappa shape index (κ1) is 32.3. The van der Waals surface area contributed by atoms with Crippen LogP contribution >= 0.6 is 11.3 Å². The van der Waals surface area contributed by atoms with Gasteiger partial charge in [-0.1, -0.05) is 32.8 Å². The van der Waals surface area contributed by atoms with E-state index in [9.17, 15) is 28.8 Å². The van der Waals surface area contributed by atoms with E-state index in [2.05, 4.69) is 34.4 Å². The molecule has 0 saturated carbocycles. The maximum absolute atomic E-state index is 13.4. The predicted octanol–water partition coefficient (Wildman–Crippen LogP) is 2.72. The number of hydrogen-bond donors (Lipinski definition) is 2. The summed E-state index contributed by atoms with van der Waals surface area (Å²) in [6.07, 6.45) is 7.97. The number of anilines is 1. The van der Waals surface area contributed by atoms with Gasteiger partial charge in [-0.3, -0.25) is 33.8 Å². The van der Waals surface area contributed by atoms with Crippen LogP contribution in [0.4, 0.5) is 5.00 Å². The number of thiazole rings is 1. The zero-order valence-electron chi connectivity index (χ0n) is 24.0. The maximum Gasteiger partial charge on any atom is 0.292 e. The molecule has 0 saturated heterocycles. The lowest BCUT2D eigenvalue weighted by atomic mass is 9.96. The van der Waals surface area contributed by atoms with Crippen LogP contribution in [-0.4, -0.2) is 54.3 Å². The van der Waals surface area contributed by atoms with Crippen molar-refractivity contribution in [1.82, 2.24) is 24.4 Å². The van der Waals surface area contributed by atoms with Crippen LogP contribution in [-0.2, 0) is 39.2 Å². The molecule has 3 heterocycles. The molecular weight excluding hydrogens is 560 g/mol. The summed E-state index contributed by atoms with van der Waals surface area (Å²) in [4.78, 5) is 84.5. The third-order valence-corrected chi connectivity index (χ3v) is 7.81. The van der Waals surface area contributed by atoms with Gasteiger partial charge in [0.25, 0.3) is 17.4 Å². The quantitative estimate of drug-likeness (QED) is 0.225. The lowest BCUT2D eigenvalue weighted by Crippen LogP contribution is -2.43. The molecule has 3 aromatic rings. The highest BCUT2D eigenvalue weighted by Crippen LogP contribution is 2.15. The molecule has 13 heteroatoms. The summed E-state index contributed by atoms with van der Waals surface area (Å²) in [5.74, 6) is -2.35. The average molecular weight is 597 g/mol. The molecular formula is C29H36N6O6S. The van der Waals surface area contributed by atoms with E-state index in [1.165, 1.54) is 45.6 Å². The second kappa shape index (κ2) is 15.7. The van der Waals surface area contributed by atoms with Crippen molar-refractivity contribution in [1.29, 1.82) is 0 Å². The van der Waals surface area contributed by atoms with Gasteiger partial charge in [0.1, 0.15) is 10.7 Å². The van der Waals surface area contributed by atoms with Gasteiger partial charge in [0.05, 0.1) is 36.8 Å². The first-order chi connectivity index (χ1) is 20.1. The molecule has 0 aliphatic rings. The third-order valence-electron chi connectivity index (χ3n) is 7.12. The molecule has 0 aliphatic carbocycles. The summed E-state index contributed by atoms with van der Waals surface area (Å²) < 4.78 is 2.76. The molecule has 2 amide bonds. The number of nitrogens with zero attached hydrogens (tertiary/aromatic N) is 4. The van der Waals surface area contributed by atoms with Gasteiger partial charge < -0.3 is 19.8 Å². The van der Waals surface area contributed by atoms with E-state index in [1.807, 2.05) is 0 Å². The summed E-state index contributed by atoms with van der Waals surface area (Å²) in [5, 5.41) is 5.47. The van der Waals surface area contributed by atoms with Gasteiger partial charge in [0.2, 0.25) is 5.78 Å². The number of ketones is 3. The molecule has 224 valence electrons. The van der Waals surface area contributed by atoms with Crippen molar-refractivity contribution in [3.8, 4) is 0 Å². The molecule has 0 radical (unpaired) electrons. The Bertz CT molecular complexity index is 1460. The standard InChI is InChI=1S/C29H36N6O6S/c1-4-19(5-2)8-9-21(36)16-35-12-6-7-20(29(35)41)13-25(38)22(32-27(39)23-14-30-17-34(23)3)10-11-24(37)28(40)33-26-15-31-18-42-26/h6-7,12,14-15,17-19,22H,4-5,8-11,13,16H2,1-3H3,(H,32,39)(H,33,40)/t22-/m0/s1. The van der Waals surface area contributed by atoms with Crippen molar-refractivity contribution in [3.05, 3.63) is 64.2 Å². The summed E-state index contributed by atoms with van der Waals surface area (Å²) in [6, 6.07) is 1.93. The maximum atomic E-state index is 13.4. The van der Waals surface area contributed by atoms with Crippen LogP contribution in [0.5, 0.6) is 0 Å². The van der Waals surface area contributed by atoms with Crippen LogP contribution in [0.3, 0.4) is 0 Å². The van der Waals surface area contributed by atoms with Gasteiger partial charge in [-0.05, 0) is 24.8 Å². The molecule has 12 nitrogen and oxygen atoms in total. The molecule has 0 aromatic carbocycles. The molecule has 0 aliphatic heterocycles. The number of aryl methyl sites for hydroxylation is 1. The second-order valence-corrected chi connectivity index (χ2v) is 11.0. The summed E-state index contributed by atoms with van der Waals surface area (Å²) >= 11 is 1.15. The van der Waals surface area contributed by atoms with Crippen LogP contribution < -0.4 is 16.2 Å². The number of amides is 2. The Hall–Kier alpha value is -4.26. The minimum absolute atomic E-state index is 0.0658. The Kier molecular flexibility index (Phi) is 12.0. The number of carbonyl (C=O) groups is 5. The largest absolute Gasteiger partial charge is 0.341 e. The SMILES string of the molecule is CCC(CC)CCC(=O)Cn1cccc(CC(=O)[C@H](CCC(=O)C(=O)Nc2cncs2)NC(=O)c2cncn2C)c1=O. The average Bonchev–Trinajstić information content (AvgIpc) is 3.65. The Morgan fingerprint density at radius 3 is 2.43 bits per heavy atom. The van der Waals surface area contributed by atoms with E-state index >= 15 is 0 Å². The van der Waals surface area contributed by atoms with E-state index in [1.54, 1.807) is 13.1 Å². The minimum atomic E-state index is -1.16. The number of Topliss-reactive ketones (excluding diaryl/α,β-unsaturated/α-hetero) is 3. The number of imidazole rings is 1. The minimum Gasteiger partial charge on any atom is -0.341 e. The topological polar surface area (TPSA) is 162 Å². The highest BCUT2D eigenvalue weighted by Gasteiger charge is 2.26. The van der Waals surface area contributed by atoms with Crippen molar-refractivity contribution < 1.29 is 24.0 Å². The van der Waals surface area contributed by atoms with Crippen molar-refractivity contribution in [2.75, 3.05) is 5.32 Å². The number of rotatable bonds is 17. The molecule has 0 spiro atoms. The first-order valence-corrected chi connectivity index (χ1v) is 14.7. The molecule has 0 fully saturated rings. The first-order valence-electron chi connectivity index (χ1n) is 13.8. The zero-order chi connectivity index (χ0) is 30.6. The Morgan fingerprint density at radius 2 is 1.79 bits per heavy atom. The molecule has 0 unspecified atom stereocenters. The molecule has 0 bridgehead atoms. The van der Waals surface area contributed by atoms with Crippen molar-refractivity contribution >= 4 is 45.5 Å². The van der Waals surface area contributed by atoms with Crippen LogP contribution in [0.1, 0.15) is 68.4 Å². The lowest BCUT2D eigenvalue weighted by molar-refractivity contribution is -0.135. The Morgan fingerprint density at radius 1 is 1.02 bits per heavy atom. The molecule has 42 heavy (non-hydrogen) atoms. The highest BCUT2D eigenvalue weighted by molar-refractivity contribution is 7.14. The number of hydrogen-bond acceptors (Lipinski definition) is 9. The number of carbonyl (C=O) groups excluding carboxylic acids is 5. The van der Waals surface area contributed by atoms with Gasteiger partial charge in [-0.2, -0.15) is 0 Å². The summed E-state index contributed by atoms with van der Waals surface area (Å²) in [7, 11) is 1.62.